The number of hydrogen-bond acceptors (Lipinski definition) is 4. The first-order valence-electron chi connectivity index (χ1n) is 5.53. The lowest BCUT2D eigenvalue weighted by Gasteiger charge is -2.04. The van der Waals surface area contributed by atoms with Crippen LogP contribution in [-0.4, -0.2) is 30.8 Å². The average molecular weight is 255 g/mol. The SMILES string of the molecule is O=C(O)c1cccc2nnc(-c3ccc(O)cc3)n12. The second-order valence-electron chi connectivity index (χ2n) is 3.98. The Labute approximate surface area is 107 Å². The second-order valence-corrected chi connectivity index (χ2v) is 3.98. The summed E-state index contributed by atoms with van der Waals surface area (Å²) >= 11 is 0. The van der Waals surface area contributed by atoms with Crippen molar-refractivity contribution in [3.05, 3.63) is 48.2 Å². The molecule has 2 N–H and O–H groups in total. The van der Waals surface area contributed by atoms with Gasteiger partial charge in [0.2, 0.25) is 0 Å². The van der Waals surface area contributed by atoms with E-state index in [0.717, 1.165) is 0 Å². The molecule has 0 fully saturated rings. The zero-order chi connectivity index (χ0) is 13.4. The molecule has 2 heterocycles. The van der Waals surface area contributed by atoms with Crippen LogP contribution in [0.5, 0.6) is 5.75 Å². The maximum atomic E-state index is 11.2. The monoisotopic (exact) mass is 255 g/mol. The molecule has 19 heavy (non-hydrogen) atoms. The quantitative estimate of drug-likeness (QED) is 0.729. The van der Waals surface area contributed by atoms with Gasteiger partial charge in [0, 0.05) is 5.56 Å². The van der Waals surface area contributed by atoms with Gasteiger partial charge in [-0.15, -0.1) is 10.2 Å². The first-order chi connectivity index (χ1) is 9.16. The van der Waals surface area contributed by atoms with Crippen LogP contribution in [-0.2, 0) is 0 Å². The molecular weight excluding hydrogens is 246 g/mol. The Kier molecular flexibility index (Phi) is 2.42. The summed E-state index contributed by atoms with van der Waals surface area (Å²) in [7, 11) is 0. The third kappa shape index (κ3) is 1.79. The van der Waals surface area contributed by atoms with Crippen molar-refractivity contribution in [1.82, 2.24) is 14.6 Å². The number of phenols is 1. The molecule has 0 aliphatic rings. The fourth-order valence-corrected chi connectivity index (χ4v) is 1.91. The van der Waals surface area contributed by atoms with Gasteiger partial charge in [-0.05, 0) is 36.4 Å². The Hall–Kier alpha value is -2.89. The number of hydrogen-bond donors (Lipinski definition) is 2. The number of nitrogens with zero attached hydrogens (tertiary/aromatic N) is 3. The lowest BCUT2D eigenvalue weighted by atomic mass is 10.2. The van der Waals surface area contributed by atoms with Crippen LogP contribution in [0.1, 0.15) is 10.5 Å². The zero-order valence-electron chi connectivity index (χ0n) is 9.69. The van der Waals surface area contributed by atoms with Crippen LogP contribution in [0.4, 0.5) is 0 Å². The van der Waals surface area contributed by atoms with Gasteiger partial charge in [-0.25, -0.2) is 4.79 Å². The largest absolute Gasteiger partial charge is 0.508 e. The standard InChI is InChI=1S/C13H9N3O3/c17-9-6-4-8(5-7-9)12-15-14-11-3-1-2-10(13(18)19)16(11)12/h1-7,17H,(H,18,19). The van der Waals surface area contributed by atoms with Crippen molar-refractivity contribution in [3.8, 4) is 17.1 Å². The highest BCUT2D eigenvalue weighted by molar-refractivity contribution is 5.87. The Morgan fingerprint density at radius 1 is 1.05 bits per heavy atom. The molecule has 94 valence electrons. The van der Waals surface area contributed by atoms with Gasteiger partial charge in [0.1, 0.15) is 11.4 Å². The van der Waals surface area contributed by atoms with E-state index < -0.39 is 5.97 Å². The lowest BCUT2D eigenvalue weighted by Crippen LogP contribution is -2.05. The third-order valence-electron chi connectivity index (χ3n) is 2.77. The Morgan fingerprint density at radius 3 is 2.47 bits per heavy atom. The van der Waals surface area contributed by atoms with Crippen molar-refractivity contribution in [3.63, 3.8) is 0 Å². The number of carbonyl (C=O) groups is 1. The van der Waals surface area contributed by atoms with Crippen LogP contribution in [0, 0.1) is 0 Å². The number of carboxylic acid groups (broad SMARTS) is 1. The van der Waals surface area contributed by atoms with Crippen molar-refractivity contribution < 1.29 is 15.0 Å². The van der Waals surface area contributed by atoms with Crippen LogP contribution < -0.4 is 0 Å². The molecule has 0 unspecified atom stereocenters. The smallest absolute Gasteiger partial charge is 0.352 e. The molecule has 0 radical (unpaired) electrons. The van der Waals surface area contributed by atoms with Gasteiger partial charge in [0.15, 0.2) is 11.5 Å². The molecule has 0 aliphatic heterocycles. The van der Waals surface area contributed by atoms with E-state index in [1.807, 2.05) is 0 Å². The van der Waals surface area contributed by atoms with Gasteiger partial charge in [-0.3, -0.25) is 4.40 Å². The minimum atomic E-state index is -1.05. The minimum absolute atomic E-state index is 0.0885. The highest BCUT2D eigenvalue weighted by Gasteiger charge is 2.15. The lowest BCUT2D eigenvalue weighted by molar-refractivity contribution is 0.0689. The van der Waals surface area contributed by atoms with Crippen molar-refractivity contribution >= 4 is 11.6 Å². The van der Waals surface area contributed by atoms with E-state index in [0.29, 0.717) is 17.0 Å². The number of aromatic carboxylic acids is 1. The third-order valence-corrected chi connectivity index (χ3v) is 2.77. The van der Waals surface area contributed by atoms with Gasteiger partial charge >= 0.3 is 5.97 Å². The molecule has 0 saturated heterocycles. The van der Waals surface area contributed by atoms with E-state index in [1.54, 1.807) is 24.3 Å². The molecule has 3 rings (SSSR count). The highest BCUT2D eigenvalue weighted by Crippen LogP contribution is 2.22. The molecule has 6 heteroatoms. The van der Waals surface area contributed by atoms with E-state index in [-0.39, 0.29) is 11.4 Å². The van der Waals surface area contributed by atoms with E-state index in [2.05, 4.69) is 10.2 Å². The summed E-state index contributed by atoms with van der Waals surface area (Å²) in [5, 5.41) is 26.4. The van der Waals surface area contributed by atoms with Crippen LogP contribution in [0.3, 0.4) is 0 Å². The number of benzene rings is 1. The maximum Gasteiger partial charge on any atom is 0.352 e. The van der Waals surface area contributed by atoms with Crippen molar-refractivity contribution in [2.24, 2.45) is 0 Å². The van der Waals surface area contributed by atoms with Gasteiger partial charge in [0.25, 0.3) is 0 Å². The molecule has 0 amide bonds. The number of aromatic hydroxyl groups is 1. The molecule has 0 aliphatic carbocycles. The van der Waals surface area contributed by atoms with E-state index >= 15 is 0 Å². The fourth-order valence-electron chi connectivity index (χ4n) is 1.91. The molecule has 3 aromatic rings. The molecule has 6 nitrogen and oxygen atoms in total. The maximum absolute atomic E-state index is 11.2. The summed E-state index contributed by atoms with van der Waals surface area (Å²) in [4.78, 5) is 11.2. The summed E-state index contributed by atoms with van der Waals surface area (Å²) in [6.07, 6.45) is 0. The fraction of sp³-hybridized carbons (Fsp3) is 0. The van der Waals surface area contributed by atoms with Crippen LogP contribution >= 0.6 is 0 Å². The molecule has 1 aromatic carbocycles. The highest BCUT2D eigenvalue weighted by atomic mass is 16.4. The van der Waals surface area contributed by atoms with E-state index in [9.17, 15) is 15.0 Å². The summed E-state index contributed by atoms with van der Waals surface area (Å²) in [6.45, 7) is 0. The van der Waals surface area contributed by atoms with Gasteiger partial charge in [-0.1, -0.05) is 6.07 Å². The molecule has 0 spiro atoms. The van der Waals surface area contributed by atoms with E-state index in [1.165, 1.54) is 22.6 Å². The van der Waals surface area contributed by atoms with Crippen molar-refractivity contribution in [2.45, 2.75) is 0 Å². The van der Waals surface area contributed by atoms with Crippen molar-refractivity contribution in [2.75, 3.05) is 0 Å². The summed E-state index contributed by atoms with van der Waals surface area (Å²) in [5.74, 6) is -0.491. The zero-order valence-corrected chi connectivity index (χ0v) is 9.69. The first kappa shape index (κ1) is 11.2. The molecule has 0 saturated carbocycles. The number of phenolic OH excluding ortho intramolecular Hbond substituents is 1. The minimum Gasteiger partial charge on any atom is -0.508 e. The van der Waals surface area contributed by atoms with Crippen molar-refractivity contribution in [1.29, 1.82) is 0 Å². The second kappa shape index (κ2) is 4.09. The first-order valence-corrected chi connectivity index (χ1v) is 5.53. The van der Waals surface area contributed by atoms with Gasteiger partial charge < -0.3 is 10.2 Å². The Bertz CT molecular complexity index is 762. The van der Waals surface area contributed by atoms with Crippen LogP contribution in [0.2, 0.25) is 0 Å². The summed E-state index contributed by atoms with van der Waals surface area (Å²) < 4.78 is 1.47. The molecular formula is C13H9N3O3. The van der Waals surface area contributed by atoms with E-state index in [4.69, 9.17) is 0 Å². The average Bonchev–Trinajstić information content (AvgIpc) is 2.83. The van der Waals surface area contributed by atoms with Gasteiger partial charge in [0.05, 0.1) is 0 Å². The number of fused-ring (bicyclic) bond motifs is 1. The topological polar surface area (TPSA) is 87.7 Å². The molecule has 0 bridgehead atoms. The van der Waals surface area contributed by atoms with Crippen LogP contribution in [0.15, 0.2) is 42.5 Å². The normalized spacial score (nSPS) is 10.7. The number of pyridine rings is 1. The summed E-state index contributed by atoms with van der Waals surface area (Å²) in [6, 6.07) is 11.1. The summed E-state index contributed by atoms with van der Waals surface area (Å²) in [5.41, 5.74) is 1.23. The number of aromatic nitrogens is 3. The molecule has 2 aromatic heterocycles. The Morgan fingerprint density at radius 2 is 1.79 bits per heavy atom. The van der Waals surface area contributed by atoms with Crippen LogP contribution in [0.25, 0.3) is 17.0 Å². The molecule has 0 atom stereocenters. The predicted octanol–water partition coefficient (Wildman–Crippen LogP) is 1.80. The predicted molar refractivity (Wildman–Crippen MR) is 67.0 cm³/mol. The Balaban J connectivity index is 2.30. The van der Waals surface area contributed by atoms with Gasteiger partial charge in [-0.2, -0.15) is 0 Å². The number of rotatable bonds is 2. The number of carboxylic acids is 1.